The number of ether oxygens (including phenoxy) is 1. The number of benzene rings is 3. The van der Waals surface area contributed by atoms with Crippen molar-refractivity contribution in [2.75, 3.05) is 13.2 Å². The summed E-state index contributed by atoms with van der Waals surface area (Å²) in [7, 11) is 20.3. The smallest absolute Gasteiger partial charge is 0.0622 e. The number of alkyl carbamates (subject to hydrolysis) is 1. The van der Waals surface area contributed by atoms with Crippen LogP contribution in [0.5, 0.6) is 0 Å². The Morgan fingerprint density at radius 3 is 1.95 bits per heavy atom. The van der Waals surface area contributed by atoms with Gasteiger partial charge in [0.1, 0.15) is 12.6 Å². The number of rotatable bonds is 22. The molecule has 0 bridgehead atoms. The second kappa shape index (κ2) is 23.4. The normalized spacial score (nSPS) is 13.2. The molecule has 12 nitrogen and oxygen atoms in total. The Labute approximate surface area is 364 Å². The molecule has 0 spiro atoms. The van der Waals surface area contributed by atoms with Crippen molar-refractivity contribution in [1.29, 1.82) is 0 Å². The minimum Gasteiger partial charge on any atom is -0.0622 e. The number of carboxylic acids is 1. The van der Waals surface area contributed by atoms with Crippen molar-refractivity contribution in [2.45, 2.75) is 76.8 Å². The molecule has 8 radical (unpaired) electrons. The first-order chi connectivity index (χ1) is 29.1. The molecule has 61 heavy (non-hydrogen) atoms. The van der Waals surface area contributed by atoms with Crippen molar-refractivity contribution in [1.82, 2.24) is 16.0 Å². The molecular formula is C41H46B7N3O9S. The standard InChI is InChI=1S/C41H46B7N3O9S/c1-25(2)20-35(36(53)17-19-38(55)61(46-42,47-43)48(44)45)50-39(56)27(21-26-10-4-3-5-11-26)22-28(52)23-49-37(54)18-16-34(40(57)58)51-41(59)60-24-33-31-14-8-6-12-29(31)30-13-7-9-15-32(30)33/h3-15,25,27,33-35H,16-24H2,1-2H3,(H,49,54)(H,50,56)(H,51,59)(H,57,58). The van der Waals surface area contributed by atoms with Gasteiger partial charge in [0.2, 0.25) is 5.91 Å². The first-order valence-corrected chi connectivity index (χ1v) is 21.9. The van der Waals surface area contributed by atoms with Gasteiger partial charge in [-0.25, -0.2) is 9.59 Å². The van der Waals surface area contributed by atoms with E-state index in [1.807, 2.05) is 62.4 Å². The van der Waals surface area contributed by atoms with E-state index in [9.17, 15) is 38.7 Å². The molecule has 4 rings (SSSR count). The van der Waals surface area contributed by atoms with Crippen LogP contribution in [-0.2, 0) is 39.9 Å². The summed E-state index contributed by atoms with van der Waals surface area (Å²) < 4.78 is 5.47. The summed E-state index contributed by atoms with van der Waals surface area (Å²) in [6.45, 7) is 3.27. The molecule has 0 saturated heterocycles. The molecule has 1 aliphatic rings. The van der Waals surface area contributed by atoms with Crippen LogP contribution in [0.25, 0.3) is 11.1 Å². The summed E-state index contributed by atoms with van der Waals surface area (Å²) in [6.07, 6.45) is -1.95. The van der Waals surface area contributed by atoms with Crippen molar-refractivity contribution >= 4 is 98.1 Å². The van der Waals surface area contributed by atoms with E-state index in [-0.39, 0.29) is 63.4 Å². The number of amides is 3. The number of Topliss-reactive ketones (excluding diaryl/α,β-unsaturated/α-hetero) is 2. The first-order valence-electron chi connectivity index (χ1n) is 20.1. The van der Waals surface area contributed by atoms with Crippen LogP contribution in [0.15, 0.2) is 78.9 Å². The molecule has 0 saturated carbocycles. The van der Waals surface area contributed by atoms with Crippen molar-refractivity contribution in [2.24, 2.45) is 11.8 Å². The van der Waals surface area contributed by atoms with Crippen molar-refractivity contribution in [3.8, 4) is 11.1 Å². The van der Waals surface area contributed by atoms with Crippen molar-refractivity contribution < 1.29 is 43.4 Å². The maximum absolute atomic E-state index is 13.8. The molecule has 4 N–H and O–H groups in total. The van der Waals surface area contributed by atoms with Crippen LogP contribution in [0.3, 0.4) is 0 Å². The van der Waals surface area contributed by atoms with Crippen LogP contribution in [-0.4, -0.2) is 120 Å². The number of aliphatic carboxylic acids is 1. The van der Waals surface area contributed by atoms with E-state index in [4.69, 9.17) is 35.7 Å². The van der Waals surface area contributed by atoms with E-state index in [1.165, 1.54) is 0 Å². The zero-order valence-electron chi connectivity index (χ0n) is 34.4. The number of fused-ring (bicyclic) bond motifs is 3. The third-order valence-electron chi connectivity index (χ3n) is 10.5. The Hall–Kier alpha value is -4.85. The van der Waals surface area contributed by atoms with Gasteiger partial charge in [-0.05, 0) is 28.7 Å². The minimum absolute atomic E-state index is 0.0255. The van der Waals surface area contributed by atoms with Gasteiger partial charge in [0, 0.05) is 12.3 Å². The number of carbonyl (C=O) groups is 7. The minimum atomic E-state index is -2.68. The zero-order chi connectivity index (χ0) is 44.7. The summed E-state index contributed by atoms with van der Waals surface area (Å²) in [5.41, 5.74) is 4.82. The first kappa shape index (κ1) is 48.8. The summed E-state index contributed by atoms with van der Waals surface area (Å²) in [4.78, 5) is 91.2. The van der Waals surface area contributed by atoms with Crippen molar-refractivity contribution in [3.63, 3.8) is 0 Å². The number of carboxylic acid groups (broad SMARTS) is 1. The van der Waals surface area contributed by atoms with Crippen LogP contribution in [0.2, 0.25) is 0 Å². The number of ketones is 2. The van der Waals surface area contributed by atoms with Gasteiger partial charge in [0.15, 0.2) is 0 Å². The molecule has 20 heteroatoms. The summed E-state index contributed by atoms with van der Waals surface area (Å²) in [5.74, 6) is -5.81. The topological polar surface area (TPSA) is 185 Å². The number of hydrogen-bond acceptors (Lipinski definition) is 8. The van der Waals surface area contributed by atoms with Crippen LogP contribution < -0.4 is 16.0 Å². The zero-order valence-corrected chi connectivity index (χ0v) is 35.2. The molecule has 0 heterocycles. The van der Waals surface area contributed by atoms with E-state index < -0.39 is 79.6 Å². The molecular weight excluding hydrogens is 786 g/mol. The second-order valence-corrected chi connectivity index (χ2v) is 18.4. The van der Waals surface area contributed by atoms with E-state index in [0.29, 0.717) is 0 Å². The molecule has 3 aromatic rings. The molecule has 0 fully saturated rings. The number of carbonyl (C=O) groups excluding carboxylic acids is 6. The Kier molecular flexibility index (Phi) is 18.7. The fourth-order valence-electron chi connectivity index (χ4n) is 7.24. The van der Waals surface area contributed by atoms with Gasteiger partial charge in [-0.2, -0.15) is 0 Å². The Balaban J connectivity index is 1.32. The van der Waals surface area contributed by atoms with E-state index in [0.717, 1.165) is 39.9 Å². The molecule has 3 aromatic carbocycles. The van der Waals surface area contributed by atoms with Gasteiger partial charge in [-0.1, -0.05) is 66.7 Å². The summed E-state index contributed by atoms with van der Waals surface area (Å²) in [5, 5.41) is 16.9. The molecule has 3 unspecified atom stereocenters. The number of hydrogen-bond donors (Lipinski definition) is 4. The molecule has 3 amide bonds. The van der Waals surface area contributed by atoms with E-state index in [2.05, 4.69) is 16.0 Å². The van der Waals surface area contributed by atoms with E-state index in [1.54, 1.807) is 30.3 Å². The van der Waals surface area contributed by atoms with Gasteiger partial charge >= 0.3 is 205 Å². The maximum atomic E-state index is 13.8. The van der Waals surface area contributed by atoms with Gasteiger partial charge < -0.3 is 20.5 Å². The third-order valence-corrected chi connectivity index (χ3v) is 13.3. The third kappa shape index (κ3) is 13.6. The average Bonchev–Trinajstić information content (AvgIpc) is 3.56. The predicted molar refractivity (Wildman–Crippen MR) is 244 cm³/mol. The van der Waals surface area contributed by atoms with Gasteiger partial charge in [-0.15, -0.1) is 0 Å². The van der Waals surface area contributed by atoms with Crippen LogP contribution >= 0.6 is 8.73 Å². The van der Waals surface area contributed by atoms with E-state index >= 15 is 0 Å². The number of nitrogens with one attached hydrogen (secondary N) is 3. The Morgan fingerprint density at radius 1 is 0.803 bits per heavy atom. The molecule has 3 atom stereocenters. The van der Waals surface area contributed by atoms with Gasteiger partial charge in [0.25, 0.3) is 0 Å². The molecule has 306 valence electrons. The molecule has 0 aliphatic heterocycles. The van der Waals surface area contributed by atoms with Crippen molar-refractivity contribution in [3.05, 3.63) is 95.6 Å². The molecule has 0 aromatic heterocycles. The monoisotopic (exact) mass is 833 g/mol. The quantitative estimate of drug-likeness (QED) is 0.111. The van der Waals surface area contributed by atoms with Crippen LogP contribution in [0, 0.1) is 11.8 Å². The Morgan fingerprint density at radius 2 is 1.39 bits per heavy atom. The summed E-state index contributed by atoms with van der Waals surface area (Å²) >= 11 is 0. The second-order valence-electron chi connectivity index (χ2n) is 15.3. The SMILES string of the molecule is [B]B=S(=B[B])(B([B])[B])C(=O)CCC(=O)C(CC(C)C)NC(=O)C(CC(=O)CNC(=O)CCC(NC(=O)OCC1c2ccccc2-c2ccccc21)C(=O)O)Cc1ccccc1. The Bertz CT molecular complexity index is 2160. The average molecular weight is 833 g/mol. The fraction of sp³-hybridized carbons (Fsp3) is 0.390. The van der Waals surface area contributed by atoms with Gasteiger partial charge in [0.05, 0.1) is 0 Å². The molecule has 1 aliphatic carbocycles. The van der Waals surface area contributed by atoms with Crippen LogP contribution in [0.4, 0.5) is 4.79 Å². The summed E-state index contributed by atoms with van der Waals surface area (Å²) in [6, 6.07) is 24.3. The predicted octanol–water partition coefficient (Wildman–Crippen LogP) is 2.63. The van der Waals surface area contributed by atoms with Crippen LogP contribution in [0.1, 0.15) is 75.0 Å². The fourth-order valence-corrected chi connectivity index (χ4v) is 8.76. The van der Waals surface area contributed by atoms with Gasteiger partial charge in [-0.3, -0.25) is 4.79 Å².